The predicted molar refractivity (Wildman–Crippen MR) is 75.0 cm³/mol. The zero-order chi connectivity index (χ0) is 13.1. The first-order valence-electron chi connectivity index (χ1n) is 5.50. The molecule has 2 rings (SSSR count). The van der Waals surface area contributed by atoms with E-state index in [0.29, 0.717) is 22.0 Å². The van der Waals surface area contributed by atoms with Crippen molar-refractivity contribution >= 4 is 28.9 Å². The van der Waals surface area contributed by atoms with E-state index in [-0.39, 0.29) is 5.91 Å². The third-order valence-corrected chi connectivity index (χ3v) is 2.96. The Morgan fingerprint density at radius 3 is 2.56 bits per heavy atom. The van der Waals surface area contributed by atoms with Gasteiger partial charge in [0, 0.05) is 11.3 Å². The second kappa shape index (κ2) is 5.10. The summed E-state index contributed by atoms with van der Waals surface area (Å²) in [5.41, 5.74) is 8.32. The van der Waals surface area contributed by atoms with Crippen LogP contribution in [0.3, 0.4) is 0 Å². The van der Waals surface area contributed by atoms with Gasteiger partial charge >= 0.3 is 0 Å². The molecule has 0 fully saturated rings. The van der Waals surface area contributed by atoms with Crippen molar-refractivity contribution < 1.29 is 4.79 Å². The average molecular weight is 261 g/mol. The molecule has 0 aliphatic carbocycles. The van der Waals surface area contributed by atoms with E-state index in [9.17, 15) is 4.79 Å². The standard InChI is InChI=1S/C14H13ClN2O/c1-9-7-11(15)12(16)8-13(9)17-14(18)10-5-3-2-4-6-10/h2-8H,16H2,1H3,(H,17,18). The van der Waals surface area contributed by atoms with E-state index in [1.807, 2.05) is 25.1 Å². The number of nitrogens with two attached hydrogens (primary N) is 1. The summed E-state index contributed by atoms with van der Waals surface area (Å²) in [4.78, 5) is 12.0. The number of rotatable bonds is 2. The summed E-state index contributed by atoms with van der Waals surface area (Å²) in [7, 11) is 0. The van der Waals surface area contributed by atoms with Gasteiger partial charge in [0.05, 0.1) is 10.7 Å². The van der Waals surface area contributed by atoms with Crippen molar-refractivity contribution in [3.8, 4) is 0 Å². The van der Waals surface area contributed by atoms with Gasteiger partial charge in [-0.05, 0) is 36.8 Å². The number of hydrogen-bond donors (Lipinski definition) is 2. The van der Waals surface area contributed by atoms with E-state index in [1.54, 1.807) is 24.3 Å². The van der Waals surface area contributed by atoms with Gasteiger partial charge in [0.25, 0.3) is 5.91 Å². The molecule has 0 bridgehead atoms. The molecule has 0 aromatic heterocycles. The first kappa shape index (κ1) is 12.5. The monoisotopic (exact) mass is 260 g/mol. The number of anilines is 2. The predicted octanol–water partition coefficient (Wildman–Crippen LogP) is 3.48. The molecule has 0 saturated carbocycles. The molecule has 0 saturated heterocycles. The van der Waals surface area contributed by atoms with Gasteiger partial charge in [-0.25, -0.2) is 0 Å². The summed E-state index contributed by atoms with van der Waals surface area (Å²) < 4.78 is 0. The minimum Gasteiger partial charge on any atom is -0.397 e. The highest BCUT2D eigenvalue weighted by molar-refractivity contribution is 6.33. The summed E-state index contributed by atoms with van der Waals surface area (Å²) >= 11 is 5.90. The third-order valence-electron chi connectivity index (χ3n) is 2.63. The van der Waals surface area contributed by atoms with Crippen molar-refractivity contribution in [3.05, 3.63) is 58.6 Å². The van der Waals surface area contributed by atoms with Crippen LogP contribution in [-0.4, -0.2) is 5.91 Å². The zero-order valence-corrected chi connectivity index (χ0v) is 10.7. The van der Waals surface area contributed by atoms with Crippen molar-refractivity contribution in [1.82, 2.24) is 0 Å². The molecule has 2 aromatic rings. The first-order valence-corrected chi connectivity index (χ1v) is 5.88. The molecule has 0 heterocycles. The van der Waals surface area contributed by atoms with Gasteiger partial charge in [-0.2, -0.15) is 0 Å². The largest absolute Gasteiger partial charge is 0.397 e. The molecule has 0 unspecified atom stereocenters. The van der Waals surface area contributed by atoms with E-state index in [4.69, 9.17) is 17.3 Å². The number of halogens is 1. The maximum Gasteiger partial charge on any atom is 0.255 e. The molecule has 2 aromatic carbocycles. The van der Waals surface area contributed by atoms with Gasteiger partial charge in [0.2, 0.25) is 0 Å². The van der Waals surface area contributed by atoms with E-state index < -0.39 is 0 Å². The number of nitrogen functional groups attached to an aromatic ring is 1. The van der Waals surface area contributed by atoms with Crippen LogP contribution < -0.4 is 11.1 Å². The molecule has 0 atom stereocenters. The summed E-state index contributed by atoms with van der Waals surface area (Å²) in [6, 6.07) is 12.4. The molecule has 3 nitrogen and oxygen atoms in total. The fraction of sp³-hybridized carbons (Fsp3) is 0.0714. The van der Waals surface area contributed by atoms with Crippen molar-refractivity contribution in [2.45, 2.75) is 6.92 Å². The van der Waals surface area contributed by atoms with E-state index in [2.05, 4.69) is 5.32 Å². The number of aryl methyl sites for hydroxylation is 1. The lowest BCUT2D eigenvalue weighted by molar-refractivity contribution is 0.102. The van der Waals surface area contributed by atoms with Crippen molar-refractivity contribution in [2.24, 2.45) is 0 Å². The van der Waals surface area contributed by atoms with Crippen molar-refractivity contribution in [1.29, 1.82) is 0 Å². The molecule has 3 N–H and O–H groups in total. The fourth-order valence-electron chi connectivity index (χ4n) is 1.61. The van der Waals surface area contributed by atoms with Crippen LogP contribution in [-0.2, 0) is 0 Å². The van der Waals surface area contributed by atoms with Crippen LogP contribution in [0.1, 0.15) is 15.9 Å². The van der Waals surface area contributed by atoms with Crippen molar-refractivity contribution in [2.75, 3.05) is 11.1 Å². The van der Waals surface area contributed by atoms with Gasteiger partial charge in [0.1, 0.15) is 0 Å². The first-order chi connectivity index (χ1) is 8.58. The maximum atomic E-state index is 12.0. The molecule has 4 heteroatoms. The smallest absolute Gasteiger partial charge is 0.255 e. The van der Waals surface area contributed by atoms with Gasteiger partial charge in [-0.1, -0.05) is 29.8 Å². The number of carbonyl (C=O) groups excluding carboxylic acids is 1. The zero-order valence-electron chi connectivity index (χ0n) is 9.91. The lowest BCUT2D eigenvalue weighted by Gasteiger charge is -2.10. The Hall–Kier alpha value is -2.00. The lowest BCUT2D eigenvalue weighted by Crippen LogP contribution is -2.12. The number of benzene rings is 2. The molecule has 92 valence electrons. The number of amides is 1. The minimum absolute atomic E-state index is 0.166. The van der Waals surface area contributed by atoms with E-state index in [0.717, 1.165) is 5.56 Å². The highest BCUT2D eigenvalue weighted by Gasteiger charge is 2.08. The second-order valence-corrected chi connectivity index (χ2v) is 4.42. The Morgan fingerprint density at radius 2 is 1.89 bits per heavy atom. The minimum atomic E-state index is -0.166. The SMILES string of the molecule is Cc1cc(Cl)c(N)cc1NC(=O)c1ccccc1. The quantitative estimate of drug-likeness (QED) is 0.812. The number of hydrogen-bond acceptors (Lipinski definition) is 2. The van der Waals surface area contributed by atoms with Crippen molar-refractivity contribution in [3.63, 3.8) is 0 Å². The molecule has 0 aliphatic heterocycles. The Kier molecular flexibility index (Phi) is 3.53. The Morgan fingerprint density at radius 1 is 1.22 bits per heavy atom. The molecule has 0 aliphatic rings. The van der Waals surface area contributed by atoms with Crippen LogP contribution >= 0.6 is 11.6 Å². The Balaban J connectivity index is 2.25. The topological polar surface area (TPSA) is 55.1 Å². The second-order valence-electron chi connectivity index (χ2n) is 4.01. The summed E-state index contributed by atoms with van der Waals surface area (Å²) in [5, 5.41) is 3.31. The van der Waals surface area contributed by atoms with E-state index >= 15 is 0 Å². The molecule has 0 spiro atoms. The maximum absolute atomic E-state index is 12.0. The highest BCUT2D eigenvalue weighted by Crippen LogP contribution is 2.26. The summed E-state index contributed by atoms with van der Waals surface area (Å²) in [6.45, 7) is 1.87. The lowest BCUT2D eigenvalue weighted by atomic mass is 10.1. The average Bonchev–Trinajstić information content (AvgIpc) is 2.37. The molecule has 0 radical (unpaired) electrons. The summed E-state index contributed by atoms with van der Waals surface area (Å²) in [5.74, 6) is -0.166. The highest BCUT2D eigenvalue weighted by atomic mass is 35.5. The number of carbonyl (C=O) groups is 1. The fourth-order valence-corrected chi connectivity index (χ4v) is 1.83. The molecule has 18 heavy (non-hydrogen) atoms. The van der Waals surface area contributed by atoms with Crippen LogP contribution in [0.25, 0.3) is 0 Å². The molecular formula is C14H13ClN2O. The van der Waals surface area contributed by atoms with Crippen LogP contribution in [0.5, 0.6) is 0 Å². The van der Waals surface area contributed by atoms with E-state index in [1.165, 1.54) is 0 Å². The van der Waals surface area contributed by atoms with Crippen LogP contribution in [0.15, 0.2) is 42.5 Å². The molecular weight excluding hydrogens is 248 g/mol. The number of nitrogens with one attached hydrogen (secondary N) is 1. The van der Waals surface area contributed by atoms with Crippen LogP contribution in [0.2, 0.25) is 5.02 Å². The van der Waals surface area contributed by atoms with Crippen LogP contribution in [0.4, 0.5) is 11.4 Å². The molecule has 1 amide bonds. The Labute approximate surface area is 111 Å². The Bertz CT molecular complexity index is 582. The van der Waals surface area contributed by atoms with Gasteiger partial charge in [-0.3, -0.25) is 4.79 Å². The van der Waals surface area contributed by atoms with Crippen LogP contribution in [0, 0.1) is 6.92 Å². The van der Waals surface area contributed by atoms with Gasteiger partial charge in [-0.15, -0.1) is 0 Å². The van der Waals surface area contributed by atoms with Gasteiger partial charge < -0.3 is 11.1 Å². The van der Waals surface area contributed by atoms with Gasteiger partial charge in [0.15, 0.2) is 0 Å². The normalized spacial score (nSPS) is 10.1. The third kappa shape index (κ3) is 2.63. The summed E-state index contributed by atoms with van der Waals surface area (Å²) in [6.07, 6.45) is 0.